The van der Waals surface area contributed by atoms with Crippen LogP contribution < -0.4 is 0 Å². The van der Waals surface area contributed by atoms with Crippen molar-refractivity contribution in [1.82, 2.24) is 0 Å². The van der Waals surface area contributed by atoms with Crippen LogP contribution in [0.15, 0.2) is 24.3 Å². The van der Waals surface area contributed by atoms with Gasteiger partial charge in [0.25, 0.3) is 0 Å². The van der Waals surface area contributed by atoms with Crippen molar-refractivity contribution >= 4 is 24.0 Å². The van der Waals surface area contributed by atoms with Gasteiger partial charge in [0, 0.05) is 19.5 Å². The summed E-state index contributed by atoms with van der Waals surface area (Å²) in [5, 5.41) is 0.729. The van der Waals surface area contributed by atoms with E-state index in [0.717, 1.165) is 10.6 Å². The maximum Gasteiger partial charge on any atom is 0 e. The van der Waals surface area contributed by atoms with E-state index in [0.29, 0.717) is 0 Å². The smallest absolute Gasteiger partial charge is 0 e. The molecule has 0 bridgehead atoms. The molecule has 0 amide bonds. The van der Waals surface area contributed by atoms with E-state index in [4.69, 9.17) is 11.6 Å². The van der Waals surface area contributed by atoms with Crippen LogP contribution in [0.1, 0.15) is 5.56 Å². The molecule has 0 aliphatic rings. The third kappa shape index (κ3) is 3.46. The first-order chi connectivity index (χ1) is 3.80. The monoisotopic (exact) mass is 225 g/mol. The number of rotatable bonds is 0. The number of hydrogen-bond acceptors (Lipinski definition) is 0. The van der Waals surface area contributed by atoms with E-state index in [1.807, 2.05) is 24.3 Å². The Morgan fingerprint density at radius 2 is 1.70 bits per heavy atom. The Morgan fingerprint density at radius 1 is 1.20 bits per heavy atom. The van der Waals surface area contributed by atoms with E-state index < -0.39 is 0 Å². The maximum absolute atomic E-state index is 5.65. The number of hydrogen-bond donors (Lipinski definition) is 0. The Kier molecular flexibility index (Phi) is 7.80. The summed E-state index contributed by atoms with van der Waals surface area (Å²) in [4.78, 5) is 0. The van der Waals surface area contributed by atoms with Gasteiger partial charge in [-0.05, 0) is 0 Å². The summed E-state index contributed by atoms with van der Waals surface area (Å²) in [6.45, 7) is 3.69. The van der Waals surface area contributed by atoms with E-state index in [9.17, 15) is 0 Å². The summed E-state index contributed by atoms with van der Waals surface area (Å²) in [5.41, 5.74) is 0.883. The van der Waals surface area contributed by atoms with Crippen LogP contribution in [-0.2, 0) is 19.5 Å². The van der Waals surface area contributed by atoms with E-state index in [2.05, 4.69) is 6.92 Å². The maximum atomic E-state index is 5.65. The van der Waals surface area contributed by atoms with Crippen LogP contribution in [0.3, 0.4) is 0 Å². The topological polar surface area (TPSA) is 0 Å². The van der Waals surface area contributed by atoms with Gasteiger partial charge >= 0.3 is 0 Å². The van der Waals surface area contributed by atoms with Gasteiger partial charge in [0.05, 0.1) is 0 Å². The first-order valence-corrected chi connectivity index (χ1v) is 2.75. The van der Waals surface area contributed by atoms with Gasteiger partial charge in [0.2, 0.25) is 0 Å². The van der Waals surface area contributed by atoms with Crippen LogP contribution in [-0.4, -0.2) is 0 Å². The molecule has 1 aromatic carbocycles. The average Bonchev–Trinajstić information content (AvgIpc) is 1.77. The summed E-state index contributed by atoms with van der Waals surface area (Å²) in [5.74, 6) is 0. The molecule has 0 aromatic heterocycles. The zero-order valence-corrected chi connectivity index (χ0v) is 10.0. The molecular weight excluding hydrogens is 220 g/mol. The van der Waals surface area contributed by atoms with Crippen LogP contribution in [0.2, 0.25) is 5.02 Å². The Balaban J connectivity index is 0. The third-order valence-electron chi connectivity index (χ3n) is 0.958. The van der Waals surface area contributed by atoms with Crippen molar-refractivity contribution in [3.63, 3.8) is 0 Å². The fourth-order valence-electron chi connectivity index (χ4n) is 0.498. The molecule has 0 saturated heterocycles. The van der Waals surface area contributed by atoms with Crippen LogP contribution in [0.4, 0.5) is 0 Å². The van der Waals surface area contributed by atoms with E-state index in [1.54, 1.807) is 0 Å². The molecular formula is C7H7Cl2Zn-. The molecule has 0 aliphatic carbocycles. The van der Waals surface area contributed by atoms with Crippen LogP contribution in [0.25, 0.3) is 0 Å². The van der Waals surface area contributed by atoms with Crippen LogP contribution in [0.5, 0.6) is 0 Å². The van der Waals surface area contributed by atoms with Crippen LogP contribution >= 0.6 is 24.0 Å². The molecule has 0 nitrogen and oxygen atoms in total. The zero-order chi connectivity index (χ0) is 5.98. The second kappa shape index (κ2) is 6.03. The summed E-state index contributed by atoms with van der Waals surface area (Å²) in [6.07, 6.45) is 0. The van der Waals surface area contributed by atoms with Crippen molar-refractivity contribution in [2.24, 2.45) is 0 Å². The van der Waals surface area contributed by atoms with E-state index in [-0.39, 0.29) is 31.9 Å². The molecule has 0 aliphatic heterocycles. The van der Waals surface area contributed by atoms with Crippen molar-refractivity contribution in [1.29, 1.82) is 0 Å². The van der Waals surface area contributed by atoms with Crippen molar-refractivity contribution in [3.05, 3.63) is 41.8 Å². The molecule has 1 rings (SSSR count). The molecule has 1 aromatic rings. The van der Waals surface area contributed by atoms with Crippen molar-refractivity contribution in [2.45, 2.75) is 0 Å². The second-order valence-electron chi connectivity index (χ2n) is 1.59. The van der Waals surface area contributed by atoms with Gasteiger partial charge in [-0.2, -0.15) is 30.2 Å². The predicted molar refractivity (Wildman–Crippen MR) is 43.2 cm³/mol. The Hall–Kier alpha value is 0.293. The van der Waals surface area contributed by atoms with E-state index in [1.165, 1.54) is 0 Å². The minimum atomic E-state index is 0. The minimum absolute atomic E-state index is 0. The number of halogens is 2. The Bertz CT molecular complexity index is 168. The fourth-order valence-corrected chi connectivity index (χ4v) is 0.634. The predicted octanol–water partition coefficient (Wildman–Crippen LogP) is 2.94. The zero-order valence-electron chi connectivity index (χ0n) is 5.51. The quantitative estimate of drug-likeness (QED) is 0.472. The molecule has 0 unspecified atom stereocenters. The van der Waals surface area contributed by atoms with Gasteiger partial charge in [-0.25, -0.2) is 0 Å². The normalized spacial score (nSPS) is 7.30. The first kappa shape index (κ1) is 12.9. The molecule has 0 saturated carbocycles. The third-order valence-corrected chi connectivity index (χ3v) is 1.33. The van der Waals surface area contributed by atoms with Crippen LogP contribution in [0, 0.1) is 6.92 Å². The van der Waals surface area contributed by atoms with Gasteiger partial charge in [-0.15, -0.1) is 24.5 Å². The molecule has 10 heavy (non-hydrogen) atoms. The SMILES string of the molecule is Cl.[CH2-]c1ccccc1Cl.[Zn]. The Morgan fingerprint density at radius 3 is 2.00 bits per heavy atom. The Labute approximate surface area is 85.1 Å². The molecule has 3 heteroatoms. The molecule has 52 valence electrons. The molecule has 0 radical (unpaired) electrons. The molecule has 0 N–H and O–H groups in total. The summed E-state index contributed by atoms with van der Waals surface area (Å²) in [7, 11) is 0. The van der Waals surface area contributed by atoms with E-state index >= 15 is 0 Å². The molecule has 0 heterocycles. The average molecular weight is 227 g/mol. The second-order valence-corrected chi connectivity index (χ2v) is 2.00. The van der Waals surface area contributed by atoms with Gasteiger partial charge < -0.3 is 0 Å². The molecule has 0 spiro atoms. The molecule has 0 atom stereocenters. The van der Waals surface area contributed by atoms with Crippen molar-refractivity contribution in [2.75, 3.05) is 0 Å². The van der Waals surface area contributed by atoms with Crippen molar-refractivity contribution < 1.29 is 19.5 Å². The summed E-state index contributed by atoms with van der Waals surface area (Å²) < 4.78 is 0. The molecule has 0 fully saturated rings. The summed E-state index contributed by atoms with van der Waals surface area (Å²) >= 11 is 5.65. The van der Waals surface area contributed by atoms with Crippen molar-refractivity contribution in [3.8, 4) is 0 Å². The van der Waals surface area contributed by atoms with Gasteiger partial charge in [-0.1, -0.05) is 11.1 Å². The summed E-state index contributed by atoms with van der Waals surface area (Å²) in [6, 6.07) is 7.50. The number of benzene rings is 1. The van der Waals surface area contributed by atoms with Gasteiger partial charge in [0.15, 0.2) is 0 Å². The fraction of sp³-hybridized carbons (Fsp3) is 0. The first-order valence-electron chi connectivity index (χ1n) is 2.37. The van der Waals surface area contributed by atoms with Gasteiger partial charge in [-0.3, -0.25) is 0 Å². The van der Waals surface area contributed by atoms with Gasteiger partial charge in [0.1, 0.15) is 0 Å². The largest absolute Gasteiger partial charge is 0.197 e. The standard InChI is InChI=1S/C7H6Cl.ClH.Zn/c1-6-4-2-3-5-7(6)8;;/h2-5H,1H2;1H;/q-1;;. The minimum Gasteiger partial charge on any atom is -0.197 e.